The largest absolute Gasteiger partial charge is 0.377 e. The van der Waals surface area contributed by atoms with Gasteiger partial charge in [0.2, 0.25) is 5.95 Å². The highest BCUT2D eigenvalue weighted by Gasteiger charge is 2.45. The van der Waals surface area contributed by atoms with Gasteiger partial charge < -0.3 is 20.1 Å². The highest BCUT2D eigenvalue weighted by molar-refractivity contribution is 7.13. The first-order chi connectivity index (χ1) is 17.0. The van der Waals surface area contributed by atoms with Crippen molar-refractivity contribution in [2.24, 2.45) is 0 Å². The lowest BCUT2D eigenvalue weighted by atomic mass is 9.91. The fourth-order valence-electron chi connectivity index (χ4n) is 4.30. The molecule has 35 heavy (non-hydrogen) atoms. The van der Waals surface area contributed by atoms with Crippen LogP contribution in [0.3, 0.4) is 0 Å². The molecule has 1 atom stereocenters. The Kier molecular flexibility index (Phi) is 5.32. The molecule has 2 fully saturated rings. The summed E-state index contributed by atoms with van der Waals surface area (Å²) in [5, 5.41) is 21.3. The molecule has 2 saturated heterocycles. The molecule has 6 rings (SSSR count). The van der Waals surface area contributed by atoms with Crippen molar-refractivity contribution in [3.05, 3.63) is 59.7 Å². The summed E-state index contributed by atoms with van der Waals surface area (Å²) in [6.45, 7) is 1.81. The predicted octanol–water partition coefficient (Wildman–Crippen LogP) is 2.83. The highest BCUT2D eigenvalue weighted by Crippen LogP contribution is 2.36. The number of likely N-dealkylation sites (N-methyl/N-ethyl adjacent to an activating group) is 1. The number of carbonyl (C=O) groups is 1. The van der Waals surface area contributed by atoms with E-state index in [-0.39, 0.29) is 11.9 Å². The maximum absolute atomic E-state index is 12.5. The Morgan fingerprint density at radius 3 is 2.83 bits per heavy atom. The van der Waals surface area contributed by atoms with Crippen LogP contribution in [0.25, 0.3) is 22.0 Å². The van der Waals surface area contributed by atoms with Gasteiger partial charge in [-0.2, -0.15) is 5.10 Å². The number of amides is 1. The van der Waals surface area contributed by atoms with Gasteiger partial charge in [0.05, 0.1) is 25.1 Å². The second-order valence-electron chi connectivity index (χ2n) is 8.70. The van der Waals surface area contributed by atoms with Crippen LogP contribution in [0.4, 0.5) is 11.8 Å². The van der Waals surface area contributed by atoms with Gasteiger partial charge in [0.25, 0.3) is 5.91 Å². The number of anilines is 2. The van der Waals surface area contributed by atoms with E-state index in [0.717, 1.165) is 22.1 Å². The molecule has 0 bridgehead atoms. The van der Waals surface area contributed by atoms with E-state index < -0.39 is 5.60 Å². The molecule has 2 N–H and O–H groups in total. The van der Waals surface area contributed by atoms with Crippen LogP contribution in [-0.4, -0.2) is 67.5 Å². The zero-order valence-corrected chi connectivity index (χ0v) is 19.8. The van der Waals surface area contributed by atoms with E-state index in [9.17, 15) is 9.90 Å². The van der Waals surface area contributed by atoms with Crippen molar-refractivity contribution in [1.29, 1.82) is 0 Å². The molecule has 178 valence electrons. The number of benzene rings is 1. The van der Waals surface area contributed by atoms with Gasteiger partial charge in [-0.25, -0.2) is 19.6 Å². The van der Waals surface area contributed by atoms with E-state index in [2.05, 4.69) is 20.4 Å². The van der Waals surface area contributed by atoms with E-state index in [1.54, 1.807) is 30.4 Å². The minimum atomic E-state index is -1.49. The Morgan fingerprint density at radius 1 is 1.17 bits per heavy atom. The van der Waals surface area contributed by atoms with Crippen molar-refractivity contribution in [2.75, 3.05) is 32.1 Å². The minimum absolute atomic E-state index is 0.213. The van der Waals surface area contributed by atoms with Gasteiger partial charge in [0, 0.05) is 43.2 Å². The number of thiazole rings is 1. The Morgan fingerprint density at radius 2 is 2.06 bits per heavy atom. The molecule has 1 amide bonds. The molecule has 1 aromatic carbocycles. The fraction of sp³-hybridized carbons (Fsp3) is 0.292. The number of aliphatic hydroxyl groups is 1. The normalized spacial score (nSPS) is 20.3. The summed E-state index contributed by atoms with van der Waals surface area (Å²) in [7, 11) is 1.71. The Labute approximate surface area is 205 Å². The quantitative estimate of drug-likeness (QED) is 0.425. The van der Waals surface area contributed by atoms with Gasteiger partial charge in [-0.15, -0.1) is 11.3 Å². The molecular weight excluding hydrogens is 466 g/mol. The first-order valence-corrected chi connectivity index (χ1v) is 12.2. The summed E-state index contributed by atoms with van der Waals surface area (Å²) in [6, 6.07) is 11.3. The lowest BCUT2D eigenvalue weighted by molar-refractivity contribution is -0.143. The zero-order chi connectivity index (χ0) is 24.0. The van der Waals surface area contributed by atoms with E-state index in [1.807, 2.05) is 40.4 Å². The molecule has 3 aromatic heterocycles. The molecule has 11 heteroatoms. The number of ether oxygens (including phenoxy) is 1. The molecule has 0 radical (unpaired) electrons. The number of likely N-dealkylation sites (tertiary alicyclic amines) is 1. The number of aromatic nitrogens is 5. The van der Waals surface area contributed by atoms with Crippen LogP contribution in [0.2, 0.25) is 0 Å². The lowest BCUT2D eigenvalue weighted by Crippen LogP contribution is -2.36. The third-order valence-electron chi connectivity index (χ3n) is 6.40. The van der Waals surface area contributed by atoms with Gasteiger partial charge in [0.1, 0.15) is 22.6 Å². The minimum Gasteiger partial charge on any atom is -0.377 e. The number of hydrogen-bond donors (Lipinski definition) is 2. The SMILES string of the molecule is CN1CCC(O)(c2cccc(-c3nc(-c4ccnc(Nc5ccnn5C5COC5)n4)cs3)c2)C1=O. The van der Waals surface area contributed by atoms with Gasteiger partial charge in [-0.3, -0.25) is 4.79 Å². The second kappa shape index (κ2) is 8.52. The van der Waals surface area contributed by atoms with Gasteiger partial charge in [0.15, 0.2) is 5.60 Å². The zero-order valence-electron chi connectivity index (χ0n) is 19.0. The van der Waals surface area contributed by atoms with E-state index in [1.165, 1.54) is 11.3 Å². The molecule has 4 aromatic rings. The van der Waals surface area contributed by atoms with Gasteiger partial charge >= 0.3 is 0 Å². The van der Waals surface area contributed by atoms with E-state index in [4.69, 9.17) is 9.72 Å². The van der Waals surface area contributed by atoms with Gasteiger partial charge in [-0.1, -0.05) is 18.2 Å². The topological polar surface area (TPSA) is 118 Å². The standard InChI is InChI=1S/C24H23N7O3S/c1-30-10-7-24(33,22(30)32)16-4-2-3-15(11-16)21-27-19(14-35-21)18-5-8-25-23(28-18)29-20-6-9-26-31(20)17-12-34-13-17/h2-6,8-9,11,14,17,33H,7,10,12-13H2,1H3,(H,25,28,29). The first kappa shape index (κ1) is 21.8. The van der Waals surface area contributed by atoms with E-state index >= 15 is 0 Å². The highest BCUT2D eigenvalue weighted by atomic mass is 32.1. The van der Waals surface area contributed by atoms with Crippen molar-refractivity contribution in [2.45, 2.75) is 18.1 Å². The second-order valence-corrected chi connectivity index (χ2v) is 9.56. The molecule has 0 aliphatic carbocycles. The van der Waals surface area contributed by atoms with Crippen molar-refractivity contribution in [3.8, 4) is 22.0 Å². The van der Waals surface area contributed by atoms with Crippen LogP contribution in [0.5, 0.6) is 0 Å². The average Bonchev–Trinajstić information content (AvgIpc) is 3.57. The number of nitrogens with one attached hydrogen (secondary N) is 1. The third-order valence-corrected chi connectivity index (χ3v) is 7.29. The van der Waals surface area contributed by atoms with Crippen molar-refractivity contribution >= 4 is 29.0 Å². The van der Waals surface area contributed by atoms with Crippen LogP contribution in [0.15, 0.2) is 54.2 Å². The van der Waals surface area contributed by atoms with Crippen molar-refractivity contribution < 1.29 is 14.6 Å². The number of rotatable bonds is 6. The Bertz CT molecular complexity index is 1400. The first-order valence-electron chi connectivity index (χ1n) is 11.3. The summed E-state index contributed by atoms with van der Waals surface area (Å²) < 4.78 is 7.15. The molecule has 10 nitrogen and oxygen atoms in total. The summed E-state index contributed by atoms with van der Waals surface area (Å²) in [5.74, 6) is 0.977. The summed E-state index contributed by atoms with van der Waals surface area (Å²) in [4.78, 5) is 27.8. The van der Waals surface area contributed by atoms with Crippen LogP contribution in [0.1, 0.15) is 18.0 Å². The van der Waals surface area contributed by atoms with Crippen molar-refractivity contribution in [1.82, 2.24) is 29.6 Å². The predicted molar refractivity (Wildman–Crippen MR) is 130 cm³/mol. The number of nitrogens with zero attached hydrogens (tertiary/aromatic N) is 6. The molecule has 0 saturated carbocycles. The molecule has 2 aliphatic heterocycles. The molecule has 2 aliphatic rings. The number of carbonyl (C=O) groups excluding carboxylic acids is 1. The molecule has 0 spiro atoms. The molecule has 5 heterocycles. The third kappa shape index (κ3) is 3.87. The summed E-state index contributed by atoms with van der Waals surface area (Å²) in [5.41, 5.74) is 1.34. The van der Waals surface area contributed by atoms with Crippen LogP contribution in [-0.2, 0) is 15.1 Å². The number of hydrogen-bond acceptors (Lipinski definition) is 9. The van der Waals surface area contributed by atoms with E-state index in [0.29, 0.717) is 43.4 Å². The summed E-state index contributed by atoms with van der Waals surface area (Å²) in [6.07, 6.45) is 3.80. The monoisotopic (exact) mass is 489 g/mol. The lowest BCUT2D eigenvalue weighted by Gasteiger charge is -2.27. The fourth-order valence-corrected chi connectivity index (χ4v) is 5.11. The Balaban J connectivity index is 1.25. The maximum atomic E-state index is 12.5. The Hall–Kier alpha value is -3.67. The van der Waals surface area contributed by atoms with Crippen molar-refractivity contribution in [3.63, 3.8) is 0 Å². The smallest absolute Gasteiger partial charge is 0.258 e. The molecule has 1 unspecified atom stereocenters. The average molecular weight is 490 g/mol. The van der Waals surface area contributed by atoms with Crippen LogP contribution >= 0.6 is 11.3 Å². The van der Waals surface area contributed by atoms with Crippen LogP contribution in [0, 0.1) is 0 Å². The summed E-state index contributed by atoms with van der Waals surface area (Å²) >= 11 is 1.48. The van der Waals surface area contributed by atoms with Crippen LogP contribution < -0.4 is 5.32 Å². The molecular formula is C24H23N7O3S. The van der Waals surface area contributed by atoms with Gasteiger partial charge in [-0.05, 0) is 17.7 Å². The maximum Gasteiger partial charge on any atom is 0.258 e.